The third-order valence-electron chi connectivity index (χ3n) is 5.92. The predicted molar refractivity (Wildman–Crippen MR) is 107 cm³/mol. The van der Waals surface area contributed by atoms with Crippen LogP contribution in [0.5, 0.6) is 0 Å². The maximum Gasteiger partial charge on any atom is 0.104 e. The van der Waals surface area contributed by atoms with Gasteiger partial charge in [0.15, 0.2) is 0 Å². The normalized spacial score (nSPS) is 16.2. The summed E-state index contributed by atoms with van der Waals surface area (Å²) in [6, 6.07) is 11.1. The van der Waals surface area contributed by atoms with Crippen LogP contribution in [0.25, 0.3) is 0 Å². The molecule has 1 aromatic carbocycles. The Bertz CT molecular complexity index is 431. The van der Waals surface area contributed by atoms with Crippen LogP contribution in [-0.4, -0.2) is 35.8 Å². The molecule has 0 unspecified atom stereocenters. The summed E-state index contributed by atoms with van der Waals surface area (Å²) in [7, 11) is 0. The predicted octanol–water partition coefficient (Wildman–Crippen LogP) is 2.69. The standard InChI is InChI=1S/C23H40NO.ClH/c25-21-15-7-5-3-1-2-4-6-12-18-24(19-13-9-14-20-24)22-23-16-10-8-11-17-23;/h8,10-11,16-17,25H,1-7,9,12-15,18-22H2;1H/q+1;/p-1. The SMILES string of the molecule is OCCCCCCCCCCC[N+]1(Cc2ccccc2)CCCCC1.[Cl-]. The Balaban J connectivity index is 0.00000338. The molecule has 2 nitrogen and oxygen atoms in total. The average molecular weight is 382 g/mol. The van der Waals surface area contributed by atoms with Gasteiger partial charge >= 0.3 is 0 Å². The number of nitrogens with zero attached hydrogens (tertiary/aromatic N) is 1. The van der Waals surface area contributed by atoms with Crippen LogP contribution in [0.15, 0.2) is 30.3 Å². The molecule has 0 aromatic heterocycles. The van der Waals surface area contributed by atoms with Crippen LogP contribution >= 0.6 is 0 Å². The average Bonchev–Trinajstić information content (AvgIpc) is 2.65. The first kappa shape index (κ1) is 23.5. The van der Waals surface area contributed by atoms with Gasteiger partial charge in [-0.25, -0.2) is 0 Å². The number of piperidine rings is 1. The number of quaternary nitrogens is 1. The van der Waals surface area contributed by atoms with Gasteiger partial charge in [-0.05, 0) is 38.5 Å². The Hall–Kier alpha value is -0.570. The summed E-state index contributed by atoms with van der Waals surface area (Å²) < 4.78 is 1.34. The van der Waals surface area contributed by atoms with Crippen molar-refractivity contribution in [1.82, 2.24) is 0 Å². The number of halogens is 1. The van der Waals surface area contributed by atoms with E-state index in [4.69, 9.17) is 5.11 Å². The van der Waals surface area contributed by atoms with Crippen molar-refractivity contribution < 1.29 is 22.0 Å². The number of hydrogen-bond acceptors (Lipinski definition) is 1. The fourth-order valence-electron chi connectivity index (χ4n) is 4.41. The first-order chi connectivity index (χ1) is 12.3. The molecule has 1 aromatic rings. The molecule has 1 aliphatic heterocycles. The molecule has 3 heteroatoms. The lowest BCUT2D eigenvalue weighted by Gasteiger charge is -2.42. The number of benzene rings is 1. The van der Waals surface area contributed by atoms with Crippen LogP contribution in [0.3, 0.4) is 0 Å². The van der Waals surface area contributed by atoms with E-state index in [0.717, 1.165) is 6.42 Å². The van der Waals surface area contributed by atoms with Gasteiger partial charge in [-0.1, -0.05) is 68.9 Å². The van der Waals surface area contributed by atoms with Crippen molar-refractivity contribution in [2.45, 2.75) is 83.6 Å². The highest BCUT2D eigenvalue weighted by molar-refractivity contribution is 5.13. The van der Waals surface area contributed by atoms with Gasteiger partial charge < -0.3 is 22.0 Å². The Morgan fingerprint density at radius 2 is 1.23 bits per heavy atom. The molecule has 0 radical (unpaired) electrons. The summed E-state index contributed by atoms with van der Waals surface area (Å²) in [6.45, 7) is 5.76. The summed E-state index contributed by atoms with van der Waals surface area (Å²) in [6.07, 6.45) is 16.1. The molecule has 150 valence electrons. The lowest BCUT2D eigenvalue weighted by molar-refractivity contribution is -0.945. The highest BCUT2D eigenvalue weighted by atomic mass is 35.5. The third-order valence-corrected chi connectivity index (χ3v) is 5.92. The minimum Gasteiger partial charge on any atom is -1.00 e. The Morgan fingerprint density at radius 3 is 1.81 bits per heavy atom. The minimum atomic E-state index is 0. The lowest BCUT2D eigenvalue weighted by atomic mass is 10.0. The van der Waals surface area contributed by atoms with Crippen molar-refractivity contribution in [3.8, 4) is 0 Å². The van der Waals surface area contributed by atoms with Crippen LogP contribution in [0, 0.1) is 0 Å². The molecule has 0 saturated carbocycles. The van der Waals surface area contributed by atoms with E-state index in [1.54, 1.807) is 0 Å². The number of hydrogen-bond donors (Lipinski definition) is 1. The zero-order valence-electron chi connectivity index (χ0n) is 16.7. The molecular weight excluding hydrogens is 342 g/mol. The number of likely N-dealkylation sites (tertiary alicyclic amines) is 1. The summed E-state index contributed by atoms with van der Waals surface area (Å²) in [4.78, 5) is 0. The fraction of sp³-hybridized carbons (Fsp3) is 0.739. The van der Waals surface area contributed by atoms with Crippen molar-refractivity contribution in [3.05, 3.63) is 35.9 Å². The molecular formula is C23H40ClNO. The van der Waals surface area contributed by atoms with E-state index in [1.807, 2.05) is 0 Å². The second-order valence-corrected chi connectivity index (χ2v) is 8.12. The van der Waals surface area contributed by atoms with E-state index in [1.165, 1.54) is 107 Å². The number of aliphatic hydroxyl groups excluding tert-OH is 1. The molecule has 1 fully saturated rings. The monoisotopic (exact) mass is 381 g/mol. The molecule has 1 heterocycles. The van der Waals surface area contributed by atoms with Crippen LogP contribution in [0.4, 0.5) is 0 Å². The van der Waals surface area contributed by atoms with Gasteiger partial charge in [-0.3, -0.25) is 0 Å². The Morgan fingerprint density at radius 1 is 0.692 bits per heavy atom. The van der Waals surface area contributed by atoms with E-state index in [0.29, 0.717) is 6.61 Å². The second kappa shape index (κ2) is 14.5. The van der Waals surface area contributed by atoms with E-state index < -0.39 is 0 Å². The fourth-order valence-corrected chi connectivity index (χ4v) is 4.41. The number of rotatable bonds is 13. The topological polar surface area (TPSA) is 20.2 Å². The minimum absolute atomic E-state index is 0. The summed E-state index contributed by atoms with van der Waals surface area (Å²) in [5.74, 6) is 0. The quantitative estimate of drug-likeness (QED) is 0.411. The van der Waals surface area contributed by atoms with Crippen LogP contribution in [0.2, 0.25) is 0 Å². The molecule has 1 saturated heterocycles. The highest BCUT2D eigenvalue weighted by Gasteiger charge is 2.29. The first-order valence-electron chi connectivity index (χ1n) is 10.8. The maximum atomic E-state index is 8.79. The van der Waals surface area contributed by atoms with Gasteiger partial charge in [-0.2, -0.15) is 0 Å². The van der Waals surface area contributed by atoms with Gasteiger partial charge in [-0.15, -0.1) is 0 Å². The molecule has 0 bridgehead atoms. The smallest absolute Gasteiger partial charge is 0.104 e. The van der Waals surface area contributed by atoms with Crippen molar-refractivity contribution >= 4 is 0 Å². The molecule has 0 spiro atoms. The number of unbranched alkanes of at least 4 members (excludes halogenated alkanes) is 8. The van der Waals surface area contributed by atoms with E-state index in [-0.39, 0.29) is 12.4 Å². The van der Waals surface area contributed by atoms with Gasteiger partial charge in [0.25, 0.3) is 0 Å². The zero-order valence-corrected chi connectivity index (χ0v) is 17.4. The highest BCUT2D eigenvalue weighted by Crippen LogP contribution is 2.24. The van der Waals surface area contributed by atoms with Crippen LogP contribution < -0.4 is 12.4 Å². The molecule has 0 amide bonds. The van der Waals surface area contributed by atoms with Gasteiger partial charge in [0.05, 0.1) is 19.6 Å². The first-order valence-corrected chi connectivity index (χ1v) is 10.8. The molecule has 26 heavy (non-hydrogen) atoms. The Kier molecular flexibility index (Phi) is 13.1. The van der Waals surface area contributed by atoms with Crippen LogP contribution in [0.1, 0.15) is 82.6 Å². The summed E-state index contributed by atoms with van der Waals surface area (Å²) in [5.41, 5.74) is 1.52. The van der Waals surface area contributed by atoms with Crippen molar-refractivity contribution in [1.29, 1.82) is 0 Å². The molecule has 1 N–H and O–H groups in total. The summed E-state index contributed by atoms with van der Waals surface area (Å²) >= 11 is 0. The van der Waals surface area contributed by atoms with Crippen LogP contribution in [-0.2, 0) is 6.54 Å². The van der Waals surface area contributed by atoms with Crippen molar-refractivity contribution in [3.63, 3.8) is 0 Å². The van der Waals surface area contributed by atoms with Crippen molar-refractivity contribution in [2.24, 2.45) is 0 Å². The van der Waals surface area contributed by atoms with E-state index in [9.17, 15) is 0 Å². The molecule has 0 atom stereocenters. The maximum absolute atomic E-state index is 8.79. The second-order valence-electron chi connectivity index (χ2n) is 8.12. The third kappa shape index (κ3) is 9.39. The zero-order chi connectivity index (χ0) is 17.6. The molecule has 0 aliphatic carbocycles. The molecule has 1 aliphatic rings. The van der Waals surface area contributed by atoms with E-state index in [2.05, 4.69) is 30.3 Å². The van der Waals surface area contributed by atoms with Gasteiger partial charge in [0.2, 0.25) is 0 Å². The van der Waals surface area contributed by atoms with E-state index >= 15 is 0 Å². The molecule has 2 rings (SSSR count). The number of aliphatic hydroxyl groups is 1. The summed E-state index contributed by atoms with van der Waals surface area (Å²) in [5, 5.41) is 8.79. The Labute approximate surface area is 168 Å². The lowest BCUT2D eigenvalue weighted by Crippen LogP contribution is -3.00. The van der Waals surface area contributed by atoms with Gasteiger partial charge in [0.1, 0.15) is 6.54 Å². The largest absolute Gasteiger partial charge is 1.00 e. The van der Waals surface area contributed by atoms with Gasteiger partial charge in [0, 0.05) is 12.2 Å². The van der Waals surface area contributed by atoms with Crippen molar-refractivity contribution in [2.75, 3.05) is 26.2 Å².